The van der Waals surface area contributed by atoms with Gasteiger partial charge in [0.1, 0.15) is 0 Å². The Morgan fingerprint density at radius 3 is 1.94 bits per heavy atom. The summed E-state index contributed by atoms with van der Waals surface area (Å²) in [7, 11) is 3.58. The van der Waals surface area contributed by atoms with E-state index in [0.29, 0.717) is 0 Å². The molecular weight excluding hydrogens is 236 g/mol. The van der Waals surface area contributed by atoms with Gasteiger partial charge in [-0.15, -0.1) is 0 Å². The molecule has 0 aromatic heterocycles. The van der Waals surface area contributed by atoms with Gasteiger partial charge in [-0.1, -0.05) is 0 Å². The molecule has 0 unspecified atom stereocenters. The molecule has 3 heteroatoms. The van der Waals surface area contributed by atoms with Crippen molar-refractivity contribution in [3.05, 3.63) is 12.7 Å². The Morgan fingerprint density at radius 1 is 0.938 bits per heavy atom. The normalized spacial score (nSPS) is 11.7. The van der Waals surface area contributed by atoms with E-state index in [0.717, 1.165) is 0 Å². The van der Waals surface area contributed by atoms with Crippen LogP contribution in [0.2, 0.25) is 9.95 Å². The average molecular weight is 264 g/mol. The van der Waals surface area contributed by atoms with E-state index in [9.17, 15) is 0 Å². The number of rotatable bonds is 11. The molecule has 2 nitrogen and oxygen atoms in total. The Labute approximate surface area is 106 Å². The van der Waals surface area contributed by atoms with E-state index in [1.807, 2.05) is 6.08 Å². The van der Waals surface area contributed by atoms with E-state index < -0.39 is 17.4 Å². The molecule has 0 aliphatic heterocycles. The molecule has 0 amide bonds. The number of hydrogen-bond donors (Lipinski definition) is 0. The van der Waals surface area contributed by atoms with E-state index in [1.165, 1.54) is 49.7 Å². The molecule has 0 aromatic rings. The molecule has 0 radical (unpaired) electrons. The first kappa shape index (κ1) is 16.4. The fourth-order valence-corrected chi connectivity index (χ4v) is 4.02. The second-order valence-corrected chi connectivity index (χ2v) is 10.1. The zero-order chi connectivity index (χ0) is 12.3. The van der Waals surface area contributed by atoms with Crippen LogP contribution in [0.4, 0.5) is 0 Å². The van der Waals surface area contributed by atoms with Gasteiger partial charge in [-0.25, -0.2) is 0 Å². The molecular formula is C13H28O2Ti. The maximum absolute atomic E-state index is 5.50. The van der Waals surface area contributed by atoms with Crippen LogP contribution in [0.1, 0.15) is 44.9 Å². The van der Waals surface area contributed by atoms with Gasteiger partial charge in [-0.05, 0) is 0 Å². The van der Waals surface area contributed by atoms with Crippen molar-refractivity contribution in [2.24, 2.45) is 0 Å². The third-order valence-electron chi connectivity index (χ3n) is 3.15. The summed E-state index contributed by atoms with van der Waals surface area (Å²) < 4.78 is 12.2. The van der Waals surface area contributed by atoms with Gasteiger partial charge >= 0.3 is 106 Å². The van der Waals surface area contributed by atoms with Crippen molar-refractivity contribution in [3.63, 3.8) is 0 Å². The topological polar surface area (TPSA) is 18.5 Å². The van der Waals surface area contributed by atoms with Crippen molar-refractivity contribution < 1.29 is 24.0 Å². The molecule has 0 saturated heterocycles. The maximum atomic E-state index is 5.50. The second kappa shape index (κ2) is 10.5. The van der Waals surface area contributed by atoms with Gasteiger partial charge in [0.05, 0.1) is 0 Å². The minimum absolute atomic E-state index is 1.17. The Kier molecular flexibility index (Phi) is 10.8. The van der Waals surface area contributed by atoms with Crippen LogP contribution >= 0.6 is 0 Å². The minimum atomic E-state index is -2.28. The Balaban J connectivity index is 3.29. The van der Waals surface area contributed by atoms with Crippen molar-refractivity contribution in [1.82, 2.24) is 0 Å². The molecule has 96 valence electrons. The first-order chi connectivity index (χ1) is 7.68. The standard InChI is InChI=1S/C10H19.2CH3O.CH3.Ti/c1-3-5-7-9-10-8-6-4-2;2*1-2;;/h3H,1-2,4-10H2;2*1H3;1H3;/q;2*-1;;+2. The van der Waals surface area contributed by atoms with Crippen molar-refractivity contribution in [3.8, 4) is 0 Å². The van der Waals surface area contributed by atoms with Crippen LogP contribution in [0, 0.1) is 0 Å². The SMILES string of the molecule is C=CCCCCCCC[CH2][Ti]([CH3])([O]C)[O]C. The van der Waals surface area contributed by atoms with Gasteiger partial charge in [0, 0.05) is 0 Å². The predicted octanol–water partition coefficient (Wildman–Crippen LogP) is 4.65. The summed E-state index contributed by atoms with van der Waals surface area (Å²) in [6.45, 7) is 3.73. The Hall–Kier alpha value is 0.374. The quantitative estimate of drug-likeness (QED) is 0.307. The van der Waals surface area contributed by atoms with E-state index in [1.54, 1.807) is 14.2 Å². The van der Waals surface area contributed by atoms with E-state index in [4.69, 9.17) is 6.64 Å². The van der Waals surface area contributed by atoms with Crippen LogP contribution in [0.15, 0.2) is 12.7 Å². The third kappa shape index (κ3) is 8.52. The fraction of sp³-hybridized carbons (Fsp3) is 0.846. The summed E-state index contributed by atoms with van der Waals surface area (Å²) >= 11 is -2.28. The zero-order valence-electron chi connectivity index (χ0n) is 11.3. The van der Waals surface area contributed by atoms with Crippen LogP contribution in [0.25, 0.3) is 0 Å². The van der Waals surface area contributed by atoms with Gasteiger partial charge < -0.3 is 0 Å². The van der Waals surface area contributed by atoms with Crippen LogP contribution in [-0.2, 0) is 24.0 Å². The molecule has 0 bridgehead atoms. The van der Waals surface area contributed by atoms with Crippen LogP contribution in [0.5, 0.6) is 0 Å². The Morgan fingerprint density at radius 2 is 1.44 bits per heavy atom. The first-order valence-electron chi connectivity index (χ1n) is 6.39. The number of allylic oxidation sites excluding steroid dienone is 1. The van der Waals surface area contributed by atoms with Crippen molar-refractivity contribution in [2.45, 2.75) is 54.9 Å². The van der Waals surface area contributed by atoms with Crippen LogP contribution in [0.3, 0.4) is 0 Å². The molecule has 0 fully saturated rings. The molecule has 0 aliphatic rings. The molecule has 0 heterocycles. The molecule has 0 spiro atoms. The van der Waals surface area contributed by atoms with E-state index in [2.05, 4.69) is 11.8 Å². The second-order valence-electron chi connectivity index (χ2n) is 4.49. The predicted molar refractivity (Wildman–Crippen MR) is 67.2 cm³/mol. The molecule has 0 atom stereocenters. The first-order valence-corrected chi connectivity index (χ1v) is 10.3. The molecule has 0 aromatic carbocycles. The summed E-state index contributed by atoms with van der Waals surface area (Å²) in [5.41, 5.74) is 0. The Bertz CT molecular complexity index is 167. The molecule has 0 saturated carbocycles. The van der Waals surface area contributed by atoms with E-state index in [-0.39, 0.29) is 0 Å². The third-order valence-corrected chi connectivity index (χ3v) is 7.82. The average Bonchev–Trinajstić information content (AvgIpc) is 2.32. The summed E-state index contributed by atoms with van der Waals surface area (Å²) in [4.78, 5) is 0. The summed E-state index contributed by atoms with van der Waals surface area (Å²) in [5.74, 6) is 0. The monoisotopic (exact) mass is 264 g/mol. The van der Waals surface area contributed by atoms with Crippen molar-refractivity contribution in [1.29, 1.82) is 0 Å². The van der Waals surface area contributed by atoms with Gasteiger partial charge in [-0.3, -0.25) is 0 Å². The van der Waals surface area contributed by atoms with Gasteiger partial charge in [0.15, 0.2) is 0 Å². The molecule has 0 rings (SSSR count). The molecule has 0 N–H and O–H groups in total. The zero-order valence-corrected chi connectivity index (χ0v) is 12.8. The number of unbranched alkanes of at least 4 members (excludes halogenated alkanes) is 6. The molecule has 0 aliphatic carbocycles. The van der Waals surface area contributed by atoms with Crippen molar-refractivity contribution >= 4 is 0 Å². The molecule has 16 heavy (non-hydrogen) atoms. The van der Waals surface area contributed by atoms with E-state index >= 15 is 0 Å². The summed E-state index contributed by atoms with van der Waals surface area (Å²) in [6.07, 6.45) is 11.1. The van der Waals surface area contributed by atoms with Crippen molar-refractivity contribution in [2.75, 3.05) is 14.2 Å². The van der Waals surface area contributed by atoms with Crippen LogP contribution in [-0.4, -0.2) is 14.2 Å². The summed E-state index contributed by atoms with van der Waals surface area (Å²) in [5, 5.41) is 2.18. The van der Waals surface area contributed by atoms with Gasteiger partial charge in [0.2, 0.25) is 0 Å². The van der Waals surface area contributed by atoms with Crippen LogP contribution < -0.4 is 0 Å². The van der Waals surface area contributed by atoms with Gasteiger partial charge in [-0.2, -0.15) is 0 Å². The van der Waals surface area contributed by atoms with Gasteiger partial charge in [0.25, 0.3) is 0 Å². The fourth-order valence-electron chi connectivity index (χ4n) is 1.73. The number of hydrogen-bond acceptors (Lipinski definition) is 2. The summed E-state index contributed by atoms with van der Waals surface area (Å²) in [6, 6.07) is 0.